The van der Waals surface area contributed by atoms with Gasteiger partial charge in [0.2, 0.25) is 0 Å². The Morgan fingerprint density at radius 1 is 1.03 bits per heavy atom. The fraction of sp³-hybridized carbons (Fsp3) is 0.269. The fourth-order valence-corrected chi connectivity index (χ4v) is 3.42. The first-order valence-corrected chi connectivity index (χ1v) is 10.7. The molecule has 1 unspecified atom stereocenters. The largest absolute Gasteiger partial charge is 0.490 e. The van der Waals surface area contributed by atoms with Crippen LogP contribution in [-0.2, 0) is 4.79 Å². The Labute approximate surface area is 188 Å². The van der Waals surface area contributed by atoms with E-state index in [1.165, 1.54) is 0 Å². The Balaban J connectivity index is 1.41. The van der Waals surface area contributed by atoms with E-state index < -0.39 is 12.1 Å². The van der Waals surface area contributed by atoms with Gasteiger partial charge in [-0.05, 0) is 54.6 Å². The zero-order valence-corrected chi connectivity index (χ0v) is 18.2. The van der Waals surface area contributed by atoms with Gasteiger partial charge in [0.05, 0.1) is 0 Å². The monoisotopic (exact) mass is 435 g/mol. The summed E-state index contributed by atoms with van der Waals surface area (Å²) in [5, 5.41) is 24.4. The Hall–Kier alpha value is -3.35. The highest BCUT2D eigenvalue weighted by molar-refractivity contribution is 5.88. The van der Waals surface area contributed by atoms with Crippen LogP contribution in [0.2, 0.25) is 0 Å². The summed E-state index contributed by atoms with van der Waals surface area (Å²) in [7, 11) is 0. The quantitative estimate of drug-likeness (QED) is 0.371. The first-order valence-electron chi connectivity index (χ1n) is 10.7. The van der Waals surface area contributed by atoms with E-state index >= 15 is 0 Å². The Morgan fingerprint density at radius 2 is 1.78 bits per heavy atom. The average molecular weight is 436 g/mol. The predicted octanol–water partition coefficient (Wildman–Crippen LogP) is 4.13. The van der Waals surface area contributed by atoms with Gasteiger partial charge < -0.3 is 25.0 Å². The van der Waals surface area contributed by atoms with Crippen molar-refractivity contribution in [1.29, 1.82) is 0 Å². The Morgan fingerprint density at radius 3 is 2.53 bits per heavy atom. The van der Waals surface area contributed by atoms with E-state index in [1.807, 2.05) is 61.5 Å². The van der Waals surface area contributed by atoms with Crippen molar-refractivity contribution in [3.63, 3.8) is 0 Å². The molecule has 0 aliphatic heterocycles. The van der Waals surface area contributed by atoms with Gasteiger partial charge in [0.25, 0.3) is 0 Å². The number of benzene rings is 3. The molecule has 1 atom stereocenters. The second-order valence-corrected chi connectivity index (χ2v) is 7.42. The third-order valence-corrected chi connectivity index (χ3v) is 5.07. The average Bonchev–Trinajstić information content (AvgIpc) is 2.82. The molecule has 0 fully saturated rings. The SMILES string of the molecule is C/C=C(\CCNCC(O)COc1cccc2ccccc12)c1ccc(OCC(=O)O)cc1. The topological polar surface area (TPSA) is 88.0 Å². The number of hydrogen-bond acceptors (Lipinski definition) is 5. The number of ether oxygens (including phenoxy) is 2. The van der Waals surface area contributed by atoms with Crippen molar-refractivity contribution in [2.45, 2.75) is 19.4 Å². The van der Waals surface area contributed by atoms with E-state index in [-0.39, 0.29) is 13.2 Å². The summed E-state index contributed by atoms with van der Waals surface area (Å²) in [6.45, 7) is 2.99. The lowest BCUT2D eigenvalue weighted by molar-refractivity contribution is -0.139. The van der Waals surface area contributed by atoms with Gasteiger partial charge in [0.15, 0.2) is 6.61 Å². The minimum Gasteiger partial charge on any atom is -0.490 e. The molecule has 0 aromatic heterocycles. The molecular formula is C26H29NO5. The fourth-order valence-electron chi connectivity index (χ4n) is 3.42. The Kier molecular flexibility index (Phi) is 8.66. The van der Waals surface area contributed by atoms with Gasteiger partial charge in [0, 0.05) is 11.9 Å². The molecule has 32 heavy (non-hydrogen) atoms. The normalized spacial score (nSPS) is 12.5. The van der Waals surface area contributed by atoms with Crippen LogP contribution in [0, 0.1) is 0 Å². The van der Waals surface area contributed by atoms with Crippen molar-refractivity contribution < 1.29 is 24.5 Å². The maximum atomic E-state index is 10.6. The van der Waals surface area contributed by atoms with Crippen LogP contribution in [-0.4, -0.2) is 48.6 Å². The van der Waals surface area contributed by atoms with Crippen molar-refractivity contribution in [3.8, 4) is 11.5 Å². The van der Waals surface area contributed by atoms with Crippen LogP contribution in [0.15, 0.2) is 72.8 Å². The molecule has 3 aromatic carbocycles. The lowest BCUT2D eigenvalue weighted by Crippen LogP contribution is -2.32. The number of carbonyl (C=O) groups is 1. The van der Waals surface area contributed by atoms with E-state index in [4.69, 9.17) is 14.6 Å². The molecule has 3 rings (SSSR count). The highest BCUT2D eigenvalue weighted by Gasteiger charge is 2.08. The summed E-state index contributed by atoms with van der Waals surface area (Å²) < 4.78 is 11.0. The number of rotatable bonds is 12. The third-order valence-electron chi connectivity index (χ3n) is 5.07. The van der Waals surface area contributed by atoms with Crippen LogP contribution in [0.1, 0.15) is 18.9 Å². The number of aliphatic hydroxyl groups is 1. The number of carboxylic acids is 1. The summed E-state index contributed by atoms with van der Waals surface area (Å²) in [5.74, 6) is 0.298. The number of fused-ring (bicyclic) bond motifs is 1. The van der Waals surface area contributed by atoms with Crippen molar-refractivity contribution in [2.24, 2.45) is 0 Å². The number of allylic oxidation sites excluding steroid dienone is 1. The molecule has 168 valence electrons. The van der Waals surface area contributed by atoms with Gasteiger partial charge in [-0.3, -0.25) is 0 Å². The van der Waals surface area contributed by atoms with Gasteiger partial charge in [-0.25, -0.2) is 4.79 Å². The van der Waals surface area contributed by atoms with E-state index in [1.54, 1.807) is 12.1 Å². The molecule has 6 nitrogen and oxygen atoms in total. The van der Waals surface area contributed by atoms with Crippen molar-refractivity contribution in [2.75, 3.05) is 26.3 Å². The third kappa shape index (κ3) is 6.83. The number of nitrogens with one attached hydrogen (secondary N) is 1. The first-order chi connectivity index (χ1) is 15.6. The minimum absolute atomic E-state index is 0.218. The number of carboxylic acid groups (broad SMARTS) is 1. The summed E-state index contributed by atoms with van der Waals surface area (Å²) in [6.07, 6.45) is 2.23. The van der Waals surface area contributed by atoms with Gasteiger partial charge in [-0.1, -0.05) is 54.6 Å². The summed E-state index contributed by atoms with van der Waals surface area (Å²) in [6, 6.07) is 21.3. The highest BCUT2D eigenvalue weighted by atomic mass is 16.5. The number of hydrogen-bond donors (Lipinski definition) is 3. The Bertz CT molecular complexity index is 1040. The predicted molar refractivity (Wildman–Crippen MR) is 126 cm³/mol. The standard InChI is InChI=1S/C26H29NO5/c1-2-19(20-10-12-23(13-11-20)31-18-26(29)30)14-15-27-16-22(28)17-32-25-9-5-7-21-6-3-4-8-24(21)25/h2-13,22,27-28H,14-18H2,1H3,(H,29,30)/b19-2+. The van der Waals surface area contributed by atoms with Crippen molar-refractivity contribution >= 4 is 22.3 Å². The van der Waals surface area contributed by atoms with E-state index in [0.717, 1.165) is 34.1 Å². The number of aliphatic carboxylic acids is 1. The lowest BCUT2D eigenvalue weighted by atomic mass is 10.0. The smallest absolute Gasteiger partial charge is 0.341 e. The molecule has 0 saturated carbocycles. The second kappa shape index (κ2) is 11.9. The lowest BCUT2D eigenvalue weighted by Gasteiger charge is -2.15. The molecule has 0 saturated heterocycles. The molecular weight excluding hydrogens is 406 g/mol. The van der Waals surface area contributed by atoms with Crippen LogP contribution >= 0.6 is 0 Å². The van der Waals surface area contributed by atoms with Crippen LogP contribution < -0.4 is 14.8 Å². The van der Waals surface area contributed by atoms with Crippen LogP contribution in [0.3, 0.4) is 0 Å². The van der Waals surface area contributed by atoms with Gasteiger partial charge >= 0.3 is 5.97 Å². The van der Waals surface area contributed by atoms with Crippen LogP contribution in [0.5, 0.6) is 11.5 Å². The molecule has 3 aromatic rings. The molecule has 0 bridgehead atoms. The summed E-state index contributed by atoms with van der Waals surface area (Å²) >= 11 is 0. The molecule has 0 radical (unpaired) electrons. The van der Waals surface area contributed by atoms with E-state index in [2.05, 4.69) is 11.4 Å². The van der Waals surface area contributed by atoms with Crippen molar-refractivity contribution in [1.82, 2.24) is 5.32 Å². The van der Waals surface area contributed by atoms with Crippen molar-refractivity contribution in [3.05, 3.63) is 78.4 Å². The molecule has 3 N–H and O–H groups in total. The molecule has 0 spiro atoms. The maximum absolute atomic E-state index is 10.6. The first kappa shape index (κ1) is 23.3. The maximum Gasteiger partial charge on any atom is 0.341 e. The zero-order chi connectivity index (χ0) is 22.8. The van der Waals surface area contributed by atoms with Gasteiger partial charge in [-0.2, -0.15) is 0 Å². The highest BCUT2D eigenvalue weighted by Crippen LogP contribution is 2.25. The number of aliphatic hydroxyl groups excluding tert-OH is 1. The van der Waals surface area contributed by atoms with E-state index in [9.17, 15) is 9.90 Å². The molecule has 0 aliphatic carbocycles. The minimum atomic E-state index is -1.00. The molecule has 0 amide bonds. The summed E-state index contributed by atoms with van der Waals surface area (Å²) in [5.41, 5.74) is 2.21. The summed E-state index contributed by atoms with van der Waals surface area (Å²) in [4.78, 5) is 10.6. The molecule has 0 heterocycles. The van der Waals surface area contributed by atoms with Gasteiger partial charge in [0.1, 0.15) is 24.2 Å². The second-order valence-electron chi connectivity index (χ2n) is 7.42. The van der Waals surface area contributed by atoms with Gasteiger partial charge in [-0.15, -0.1) is 0 Å². The van der Waals surface area contributed by atoms with Crippen LogP contribution in [0.25, 0.3) is 16.3 Å². The molecule has 6 heteroatoms. The molecule has 0 aliphatic rings. The van der Waals surface area contributed by atoms with E-state index in [0.29, 0.717) is 18.8 Å². The van der Waals surface area contributed by atoms with Crippen LogP contribution in [0.4, 0.5) is 0 Å². The zero-order valence-electron chi connectivity index (χ0n) is 18.2.